The molecular formula is C49H37N. The highest BCUT2D eigenvalue weighted by molar-refractivity contribution is 5.96. The second kappa shape index (κ2) is 12.7. The van der Waals surface area contributed by atoms with Crippen LogP contribution < -0.4 is 4.90 Å². The lowest BCUT2D eigenvalue weighted by molar-refractivity contribution is 0.768. The molecule has 238 valence electrons. The summed E-state index contributed by atoms with van der Waals surface area (Å²) < 4.78 is 0. The second-order valence-electron chi connectivity index (χ2n) is 13.2. The molecule has 0 radical (unpaired) electrons. The third kappa shape index (κ3) is 4.94. The number of fused-ring (bicyclic) bond motifs is 3. The fourth-order valence-electron chi connectivity index (χ4n) is 8.26. The number of allylic oxidation sites excluding steroid dienone is 3. The van der Waals surface area contributed by atoms with Gasteiger partial charge in [-0.2, -0.15) is 0 Å². The molecule has 1 nitrogen and oxygen atoms in total. The SMILES string of the molecule is C1=CC(c2ccccc2)CC=C1N(c1cccc(-c2ccccc2)c1)c1cccc2c1-c1ccccc1C2(c1ccccc1)c1ccccc1. The van der Waals surface area contributed by atoms with Crippen LogP contribution in [0.1, 0.15) is 40.2 Å². The van der Waals surface area contributed by atoms with Crippen LogP contribution in [0.5, 0.6) is 0 Å². The summed E-state index contributed by atoms with van der Waals surface area (Å²) in [5.74, 6) is 0.350. The quantitative estimate of drug-likeness (QED) is 0.168. The zero-order chi connectivity index (χ0) is 33.3. The average Bonchev–Trinajstić information content (AvgIpc) is 3.51. The van der Waals surface area contributed by atoms with Crippen molar-refractivity contribution in [3.63, 3.8) is 0 Å². The number of benzene rings is 7. The Hall–Kier alpha value is -6.18. The van der Waals surface area contributed by atoms with E-state index in [2.05, 4.69) is 211 Å². The molecule has 0 saturated heterocycles. The van der Waals surface area contributed by atoms with E-state index >= 15 is 0 Å². The summed E-state index contributed by atoms with van der Waals surface area (Å²) in [5.41, 5.74) is 14.5. The molecular weight excluding hydrogens is 603 g/mol. The molecule has 0 aliphatic heterocycles. The van der Waals surface area contributed by atoms with Gasteiger partial charge in [-0.25, -0.2) is 0 Å². The lowest BCUT2D eigenvalue weighted by atomic mass is 9.68. The normalized spacial score (nSPS) is 15.5. The number of anilines is 2. The maximum Gasteiger partial charge on any atom is 0.0714 e. The summed E-state index contributed by atoms with van der Waals surface area (Å²) in [4.78, 5) is 2.49. The zero-order valence-corrected chi connectivity index (χ0v) is 27.9. The van der Waals surface area contributed by atoms with E-state index in [1.807, 2.05) is 0 Å². The van der Waals surface area contributed by atoms with Gasteiger partial charge in [-0.1, -0.05) is 182 Å². The molecule has 1 heteroatoms. The van der Waals surface area contributed by atoms with Gasteiger partial charge in [-0.15, -0.1) is 0 Å². The molecule has 9 rings (SSSR count). The molecule has 7 aromatic carbocycles. The van der Waals surface area contributed by atoms with E-state index in [1.54, 1.807) is 0 Å². The largest absolute Gasteiger partial charge is 0.310 e. The monoisotopic (exact) mass is 639 g/mol. The number of rotatable bonds is 7. The number of hydrogen-bond acceptors (Lipinski definition) is 1. The van der Waals surface area contributed by atoms with E-state index in [4.69, 9.17) is 0 Å². The van der Waals surface area contributed by atoms with Gasteiger partial charge in [0.2, 0.25) is 0 Å². The smallest absolute Gasteiger partial charge is 0.0714 e. The van der Waals surface area contributed by atoms with Gasteiger partial charge < -0.3 is 4.90 Å². The molecule has 2 aliphatic rings. The van der Waals surface area contributed by atoms with E-state index in [-0.39, 0.29) is 0 Å². The van der Waals surface area contributed by atoms with Crippen molar-refractivity contribution >= 4 is 11.4 Å². The van der Waals surface area contributed by atoms with Crippen LogP contribution in [-0.4, -0.2) is 0 Å². The Morgan fingerprint density at radius 1 is 0.500 bits per heavy atom. The van der Waals surface area contributed by atoms with Crippen molar-refractivity contribution in [2.75, 3.05) is 4.90 Å². The highest BCUT2D eigenvalue weighted by Gasteiger charge is 2.47. The van der Waals surface area contributed by atoms with Crippen molar-refractivity contribution in [2.45, 2.75) is 17.8 Å². The predicted octanol–water partition coefficient (Wildman–Crippen LogP) is 12.5. The van der Waals surface area contributed by atoms with Crippen LogP contribution >= 0.6 is 0 Å². The van der Waals surface area contributed by atoms with Gasteiger partial charge in [-0.05, 0) is 75.2 Å². The van der Waals surface area contributed by atoms with E-state index in [0.29, 0.717) is 5.92 Å². The Labute approximate surface area is 295 Å². The van der Waals surface area contributed by atoms with Gasteiger partial charge in [0.15, 0.2) is 0 Å². The topological polar surface area (TPSA) is 3.24 Å². The highest BCUT2D eigenvalue weighted by atomic mass is 15.2. The summed E-state index contributed by atoms with van der Waals surface area (Å²) in [6.45, 7) is 0. The molecule has 0 saturated carbocycles. The van der Waals surface area contributed by atoms with Crippen LogP contribution in [0, 0.1) is 0 Å². The summed E-state index contributed by atoms with van der Waals surface area (Å²) in [6, 6.07) is 68.6. The third-order valence-corrected chi connectivity index (χ3v) is 10.5. The van der Waals surface area contributed by atoms with Crippen LogP contribution in [0.2, 0.25) is 0 Å². The lowest BCUT2D eigenvalue weighted by Gasteiger charge is -2.35. The highest BCUT2D eigenvalue weighted by Crippen LogP contribution is 2.59. The van der Waals surface area contributed by atoms with Gasteiger partial charge in [0.1, 0.15) is 0 Å². The van der Waals surface area contributed by atoms with Crippen molar-refractivity contribution in [1.82, 2.24) is 0 Å². The fraction of sp³-hybridized carbons (Fsp3) is 0.0612. The molecule has 50 heavy (non-hydrogen) atoms. The summed E-state index contributed by atoms with van der Waals surface area (Å²) in [7, 11) is 0. The summed E-state index contributed by atoms with van der Waals surface area (Å²) in [5, 5.41) is 0. The molecule has 1 unspecified atom stereocenters. The first-order valence-corrected chi connectivity index (χ1v) is 17.6. The minimum absolute atomic E-state index is 0.350. The van der Waals surface area contributed by atoms with Crippen LogP contribution in [0.3, 0.4) is 0 Å². The Balaban J connectivity index is 1.29. The van der Waals surface area contributed by atoms with Gasteiger partial charge in [0.05, 0.1) is 11.1 Å². The molecule has 1 atom stereocenters. The second-order valence-corrected chi connectivity index (χ2v) is 13.2. The Kier molecular flexibility index (Phi) is 7.59. The molecule has 0 amide bonds. The van der Waals surface area contributed by atoms with E-state index in [0.717, 1.165) is 12.1 Å². The van der Waals surface area contributed by atoms with Crippen LogP contribution in [0.4, 0.5) is 11.4 Å². The van der Waals surface area contributed by atoms with Gasteiger partial charge in [0.25, 0.3) is 0 Å². The van der Waals surface area contributed by atoms with E-state index in [1.165, 1.54) is 61.5 Å². The summed E-state index contributed by atoms with van der Waals surface area (Å²) in [6.07, 6.45) is 8.08. The standard InChI is InChI=1S/C49H37N/c1-5-17-36(18-6-1)38-31-33-42(34-32-38)50(43-26-15-21-39(35-43)37-19-7-2-8-20-37)47-30-16-29-46-48(47)44-27-13-14-28-45(44)49(46,40-22-9-3-10-23-40)41-24-11-4-12-25-41/h1-31,33-35,38H,32H2. The maximum absolute atomic E-state index is 2.49. The lowest BCUT2D eigenvalue weighted by Crippen LogP contribution is -2.28. The van der Waals surface area contributed by atoms with Crippen molar-refractivity contribution in [3.8, 4) is 22.3 Å². The zero-order valence-electron chi connectivity index (χ0n) is 27.9. The third-order valence-electron chi connectivity index (χ3n) is 10.5. The molecule has 0 aromatic heterocycles. The number of nitrogens with zero attached hydrogens (tertiary/aromatic N) is 1. The Morgan fingerprint density at radius 2 is 1.08 bits per heavy atom. The van der Waals surface area contributed by atoms with Crippen molar-refractivity contribution in [2.24, 2.45) is 0 Å². The van der Waals surface area contributed by atoms with Crippen molar-refractivity contribution < 1.29 is 0 Å². The van der Waals surface area contributed by atoms with E-state index in [9.17, 15) is 0 Å². The van der Waals surface area contributed by atoms with Crippen molar-refractivity contribution in [3.05, 3.63) is 240 Å². The fourth-order valence-corrected chi connectivity index (χ4v) is 8.26. The summed E-state index contributed by atoms with van der Waals surface area (Å²) >= 11 is 0. The Bertz CT molecular complexity index is 2300. The van der Waals surface area contributed by atoms with E-state index < -0.39 is 5.41 Å². The number of hydrogen-bond donors (Lipinski definition) is 0. The first-order chi connectivity index (χ1) is 24.8. The Morgan fingerprint density at radius 3 is 1.76 bits per heavy atom. The van der Waals surface area contributed by atoms with Gasteiger partial charge in [-0.3, -0.25) is 0 Å². The van der Waals surface area contributed by atoms with Crippen LogP contribution in [-0.2, 0) is 5.41 Å². The minimum Gasteiger partial charge on any atom is -0.310 e. The van der Waals surface area contributed by atoms with Crippen LogP contribution in [0.15, 0.2) is 212 Å². The molecule has 0 N–H and O–H groups in total. The van der Waals surface area contributed by atoms with Gasteiger partial charge >= 0.3 is 0 Å². The van der Waals surface area contributed by atoms with Crippen LogP contribution in [0.25, 0.3) is 22.3 Å². The molecule has 2 aliphatic carbocycles. The molecule has 7 aromatic rings. The first-order valence-electron chi connectivity index (χ1n) is 17.6. The first kappa shape index (κ1) is 29.9. The average molecular weight is 640 g/mol. The molecule has 0 spiro atoms. The molecule has 0 heterocycles. The molecule has 0 fully saturated rings. The predicted molar refractivity (Wildman–Crippen MR) is 209 cm³/mol. The van der Waals surface area contributed by atoms with Gasteiger partial charge in [0, 0.05) is 22.9 Å². The maximum atomic E-state index is 2.49. The molecule has 0 bridgehead atoms. The minimum atomic E-state index is -0.461. The van der Waals surface area contributed by atoms with Crippen molar-refractivity contribution in [1.29, 1.82) is 0 Å².